The molecule has 0 amide bonds. The second-order valence-corrected chi connectivity index (χ2v) is 11.8. The highest BCUT2D eigenvalue weighted by atomic mass is 15.5. The lowest BCUT2D eigenvalue weighted by Gasteiger charge is -2.44. The molecular weight excluding hydrogens is 512 g/mol. The Morgan fingerprint density at radius 3 is 1.67 bits per heavy atom. The summed E-state index contributed by atoms with van der Waals surface area (Å²) in [5.74, 6) is 2.24. The van der Waals surface area contributed by atoms with E-state index < -0.39 is 0 Å². The van der Waals surface area contributed by atoms with E-state index in [0.29, 0.717) is 0 Å². The second-order valence-electron chi connectivity index (χ2n) is 11.8. The number of aromatic nitrogens is 2. The molecule has 3 atom stereocenters. The fourth-order valence-electron chi connectivity index (χ4n) is 7.22. The van der Waals surface area contributed by atoms with Crippen molar-refractivity contribution in [2.24, 2.45) is 5.92 Å². The normalized spacial score (nSPS) is 18.8. The van der Waals surface area contributed by atoms with Crippen LogP contribution in [0.1, 0.15) is 40.7 Å². The van der Waals surface area contributed by atoms with Crippen molar-refractivity contribution in [2.45, 2.75) is 46.7 Å². The van der Waals surface area contributed by atoms with Gasteiger partial charge in [0.15, 0.2) is 11.6 Å². The van der Waals surface area contributed by atoms with Crippen LogP contribution in [0, 0.1) is 33.6 Å². The summed E-state index contributed by atoms with van der Waals surface area (Å²) < 4.78 is 0. The van der Waals surface area contributed by atoms with E-state index in [2.05, 4.69) is 148 Å². The number of benzene rings is 4. The lowest BCUT2D eigenvalue weighted by atomic mass is 9.80. The van der Waals surface area contributed by atoms with Gasteiger partial charge in [-0.2, -0.15) is 0 Å². The summed E-state index contributed by atoms with van der Waals surface area (Å²) in [5, 5.41) is 0. The fourth-order valence-corrected chi connectivity index (χ4v) is 7.22. The van der Waals surface area contributed by atoms with E-state index in [9.17, 15) is 0 Å². The number of para-hydroxylation sites is 2. The number of anilines is 4. The van der Waals surface area contributed by atoms with Crippen molar-refractivity contribution in [3.8, 4) is 22.5 Å². The number of hydrogen-bond donors (Lipinski definition) is 0. The first kappa shape index (κ1) is 26.2. The molecule has 1 aromatic heterocycles. The van der Waals surface area contributed by atoms with Crippen molar-refractivity contribution in [3.05, 3.63) is 131 Å². The molecule has 0 spiro atoms. The highest BCUT2D eigenvalue weighted by molar-refractivity contribution is 5.92. The molecule has 3 heterocycles. The van der Waals surface area contributed by atoms with Crippen LogP contribution < -0.4 is 9.80 Å². The number of nitrogens with zero attached hydrogens (tertiary/aromatic N) is 4. The largest absolute Gasteiger partial charge is 0.302 e. The van der Waals surface area contributed by atoms with Crippen LogP contribution in [0.15, 0.2) is 104 Å². The Bertz CT molecular complexity index is 1800. The zero-order valence-corrected chi connectivity index (χ0v) is 25.0. The van der Waals surface area contributed by atoms with Crippen molar-refractivity contribution < 1.29 is 0 Å². The van der Waals surface area contributed by atoms with Crippen molar-refractivity contribution >= 4 is 23.0 Å². The average molecular weight is 549 g/mol. The highest BCUT2D eigenvalue weighted by Crippen LogP contribution is 2.56. The van der Waals surface area contributed by atoms with Crippen LogP contribution in [0.25, 0.3) is 22.5 Å². The number of allylic oxidation sites excluding steroid dienone is 1. The highest BCUT2D eigenvalue weighted by Gasteiger charge is 2.49. The summed E-state index contributed by atoms with van der Waals surface area (Å²) in [7, 11) is 0. The van der Waals surface area contributed by atoms with E-state index in [-0.39, 0.29) is 18.0 Å². The monoisotopic (exact) mass is 548 g/mol. The summed E-state index contributed by atoms with van der Waals surface area (Å²) >= 11 is 0. The molecule has 0 saturated heterocycles. The maximum atomic E-state index is 5.64. The van der Waals surface area contributed by atoms with Crippen LogP contribution in [0.3, 0.4) is 0 Å². The van der Waals surface area contributed by atoms with Crippen molar-refractivity contribution in [1.82, 2.24) is 9.97 Å². The SMILES string of the molecule is C=CC1c2ccccc2N2c3nc(-c4c(C)cccc4C)c(-c4c(C)cccc4C)nc3N(c3ccccc3)C2C1C. The molecule has 0 saturated carbocycles. The van der Waals surface area contributed by atoms with Crippen LogP contribution in [-0.4, -0.2) is 16.1 Å². The standard InChI is InChI=1S/C38H36N4/c1-7-29-27(6)38-41(28-19-9-8-10-20-28)36-37(42(38)31-22-12-11-21-30(29)31)40-35(33-25(4)17-14-18-26(33)5)34(39-36)32-23(2)15-13-16-24(32)3/h7-22,27,29,38H,1H2,2-6H3. The third-order valence-electron chi connectivity index (χ3n) is 9.16. The quantitative estimate of drug-likeness (QED) is 0.209. The van der Waals surface area contributed by atoms with Gasteiger partial charge in [0.2, 0.25) is 0 Å². The molecule has 0 fully saturated rings. The van der Waals surface area contributed by atoms with Gasteiger partial charge in [0.05, 0.1) is 11.4 Å². The van der Waals surface area contributed by atoms with Gasteiger partial charge >= 0.3 is 0 Å². The topological polar surface area (TPSA) is 32.3 Å². The van der Waals surface area contributed by atoms with Gasteiger partial charge in [-0.15, -0.1) is 6.58 Å². The Morgan fingerprint density at radius 2 is 1.12 bits per heavy atom. The molecule has 2 aliphatic rings. The molecule has 208 valence electrons. The van der Waals surface area contributed by atoms with Crippen LogP contribution in [0.2, 0.25) is 0 Å². The van der Waals surface area contributed by atoms with Gasteiger partial charge in [-0.05, 0) is 73.7 Å². The number of rotatable bonds is 4. The molecule has 0 radical (unpaired) electrons. The van der Waals surface area contributed by atoms with Crippen LogP contribution in [0.4, 0.5) is 23.0 Å². The van der Waals surface area contributed by atoms with Gasteiger partial charge in [0, 0.05) is 34.3 Å². The molecule has 3 unspecified atom stereocenters. The summed E-state index contributed by atoms with van der Waals surface area (Å²) in [6, 6.07) is 32.3. The fraction of sp³-hybridized carbons (Fsp3) is 0.211. The molecule has 7 rings (SSSR count). The smallest absolute Gasteiger partial charge is 0.179 e. The number of aryl methyl sites for hydroxylation is 4. The first-order valence-electron chi connectivity index (χ1n) is 14.8. The summed E-state index contributed by atoms with van der Waals surface area (Å²) in [6.45, 7) is 15.3. The lowest BCUT2D eigenvalue weighted by Crippen LogP contribution is -2.48. The van der Waals surface area contributed by atoms with E-state index in [1.807, 2.05) is 0 Å². The summed E-state index contributed by atoms with van der Waals surface area (Å²) in [5.41, 5.74) is 12.5. The summed E-state index contributed by atoms with van der Waals surface area (Å²) in [6.07, 6.45) is 2.11. The molecule has 5 aromatic rings. The van der Waals surface area contributed by atoms with Gasteiger partial charge in [-0.1, -0.05) is 85.8 Å². The predicted molar refractivity (Wildman–Crippen MR) is 175 cm³/mol. The molecule has 42 heavy (non-hydrogen) atoms. The van der Waals surface area contributed by atoms with Gasteiger partial charge in [-0.3, -0.25) is 0 Å². The van der Waals surface area contributed by atoms with E-state index >= 15 is 0 Å². The Labute approximate surface area is 249 Å². The second kappa shape index (κ2) is 9.99. The molecule has 4 aromatic carbocycles. The minimum atomic E-state index is -0.000616. The van der Waals surface area contributed by atoms with Gasteiger partial charge < -0.3 is 9.80 Å². The molecule has 4 heteroatoms. The zero-order chi connectivity index (χ0) is 29.1. The molecular formula is C38H36N4. The third kappa shape index (κ3) is 3.82. The van der Waals surface area contributed by atoms with Crippen LogP contribution in [-0.2, 0) is 0 Å². The van der Waals surface area contributed by atoms with Crippen molar-refractivity contribution in [3.63, 3.8) is 0 Å². The van der Waals surface area contributed by atoms with Crippen LogP contribution >= 0.6 is 0 Å². The summed E-state index contributed by atoms with van der Waals surface area (Å²) in [4.78, 5) is 16.1. The Balaban J connectivity index is 1.61. The minimum Gasteiger partial charge on any atom is -0.302 e. The van der Waals surface area contributed by atoms with E-state index in [1.54, 1.807) is 0 Å². The molecule has 0 aliphatic carbocycles. The molecule has 4 nitrogen and oxygen atoms in total. The van der Waals surface area contributed by atoms with Gasteiger partial charge in [-0.25, -0.2) is 9.97 Å². The lowest BCUT2D eigenvalue weighted by molar-refractivity contribution is 0.409. The first-order chi connectivity index (χ1) is 20.4. The van der Waals surface area contributed by atoms with Crippen molar-refractivity contribution in [2.75, 3.05) is 9.80 Å². The maximum absolute atomic E-state index is 5.64. The van der Waals surface area contributed by atoms with E-state index in [1.165, 1.54) is 33.5 Å². The Hall–Kier alpha value is -4.70. The van der Waals surface area contributed by atoms with E-state index in [4.69, 9.17) is 9.97 Å². The average Bonchev–Trinajstić information content (AvgIpc) is 3.32. The zero-order valence-electron chi connectivity index (χ0n) is 25.0. The van der Waals surface area contributed by atoms with Crippen molar-refractivity contribution in [1.29, 1.82) is 0 Å². The van der Waals surface area contributed by atoms with E-state index in [0.717, 1.165) is 39.8 Å². The van der Waals surface area contributed by atoms with Gasteiger partial charge in [0.25, 0.3) is 0 Å². The van der Waals surface area contributed by atoms with Crippen LogP contribution in [0.5, 0.6) is 0 Å². The molecule has 0 N–H and O–H groups in total. The predicted octanol–water partition coefficient (Wildman–Crippen LogP) is 9.58. The number of fused-ring (bicyclic) bond motifs is 5. The minimum absolute atomic E-state index is 0.000616. The Kier molecular flexibility index (Phi) is 6.23. The third-order valence-corrected chi connectivity index (χ3v) is 9.16. The van der Waals surface area contributed by atoms with Gasteiger partial charge in [0.1, 0.15) is 6.17 Å². The number of hydrogen-bond acceptors (Lipinski definition) is 4. The Morgan fingerprint density at radius 1 is 0.619 bits per heavy atom. The maximum Gasteiger partial charge on any atom is 0.179 e. The molecule has 0 bridgehead atoms. The first-order valence-corrected chi connectivity index (χ1v) is 14.8. The molecule has 2 aliphatic heterocycles.